The molecule has 4 bridgehead atoms. The van der Waals surface area contributed by atoms with Gasteiger partial charge in [0, 0.05) is 56.2 Å². The molecule has 1 aromatic heterocycles. The Balaban J connectivity index is 1.10. The van der Waals surface area contributed by atoms with E-state index in [2.05, 4.69) is 43.4 Å². The molecule has 38 heavy (non-hydrogen) atoms. The molecule has 4 saturated carbocycles. The Bertz CT molecular complexity index is 1140. The lowest BCUT2D eigenvalue weighted by molar-refractivity contribution is 0.0615. The number of hydrogen-bond donors (Lipinski definition) is 3. The van der Waals surface area contributed by atoms with Crippen LogP contribution in [-0.2, 0) is 0 Å². The largest absolute Gasteiger partial charge is 0.395 e. The molecule has 9 heteroatoms. The van der Waals surface area contributed by atoms with Crippen molar-refractivity contribution in [1.29, 1.82) is 0 Å². The smallest absolute Gasteiger partial charge is 0.253 e. The summed E-state index contributed by atoms with van der Waals surface area (Å²) in [5.74, 6) is 5.56. The highest BCUT2D eigenvalue weighted by molar-refractivity contribution is 9.10. The Kier molecular flexibility index (Phi) is 7.60. The summed E-state index contributed by atoms with van der Waals surface area (Å²) in [4.78, 5) is 26.4. The second-order valence-corrected chi connectivity index (χ2v) is 12.8. The summed E-state index contributed by atoms with van der Waals surface area (Å²) in [5.41, 5.74) is 1.53. The summed E-state index contributed by atoms with van der Waals surface area (Å²) in [6, 6.07) is 8.03. The molecule has 6 atom stereocenters. The lowest BCUT2D eigenvalue weighted by atomic mass is 9.65. The highest BCUT2D eigenvalue weighted by Crippen LogP contribution is 2.54. The van der Waals surface area contributed by atoms with Crippen LogP contribution in [0.5, 0.6) is 0 Å². The van der Waals surface area contributed by atoms with Gasteiger partial charge in [-0.3, -0.25) is 9.69 Å². The van der Waals surface area contributed by atoms with Gasteiger partial charge in [-0.25, -0.2) is 4.98 Å². The zero-order valence-corrected chi connectivity index (χ0v) is 23.7. The van der Waals surface area contributed by atoms with E-state index in [9.17, 15) is 4.79 Å². The minimum atomic E-state index is 0.0486. The highest BCUT2D eigenvalue weighted by atomic mass is 79.9. The predicted octanol–water partition coefficient (Wildman–Crippen LogP) is 4.61. The number of piperazine rings is 1. The van der Waals surface area contributed by atoms with Crippen LogP contribution in [0.25, 0.3) is 0 Å². The zero-order valence-electron chi connectivity index (χ0n) is 22.2. The third kappa shape index (κ3) is 5.42. The SMILES string of the molecule is C[C@@H]1CC2CC3CC(CC1C3)C2Nc1nc(Nc2ccc(C(=O)N3CCN(CCO)CC3)cc2)ncc1Br. The maximum Gasteiger partial charge on any atom is 0.253 e. The molecule has 1 aromatic carbocycles. The number of anilines is 3. The van der Waals surface area contributed by atoms with Crippen LogP contribution in [0.3, 0.4) is 0 Å². The fourth-order valence-electron chi connectivity index (χ4n) is 7.60. The van der Waals surface area contributed by atoms with Crippen molar-refractivity contribution < 1.29 is 9.90 Å². The second kappa shape index (κ2) is 11.1. The predicted molar refractivity (Wildman–Crippen MR) is 153 cm³/mol. The molecule has 5 unspecified atom stereocenters. The van der Waals surface area contributed by atoms with Gasteiger partial charge < -0.3 is 20.6 Å². The normalized spacial score (nSPS) is 30.8. The Morgan fingerprint density at radius 3 is 2.47 bits per heavy atom. The minimum Gasteiger partial charge on any atom is -0.395 e. The number of β-amino-alcohol motifs (C(OH)–C–C–N with tert-alkyl or cyclic N) is 1. The van der Waals surface area contributed by atoms with E-state index in [4.69, 9.17) is 10.1 Å². The number of aromatic nitrogens is 2. The summed E-state index contributed by atoms with van der Waals surface area (Å²) < 4.78 is 0.892. The number of nitrogens with zero attached hydrogens (tertiary/aromatic N) is 4. The van der Waals surface area contributed by atoms with Crippen molar-refractivity contribution in [3.05, 3.63) is 40.5 Å². The van der Waals surface area contributed by atoms with Crippen LogP contribution in [0.2, 0.25) is 0 Å². The van der Waals surface area contributed by atoms with E-state index in [-0.39, 0.29) is 12.5 Å². The molecule has 0 radical (unpaired) electrons. The standard InChI is InChI=1S/C29H39BrN6O2/c1-18-12-22-14-19-13-21(18)16-23(15-19)26(22)33-27-25(30)17-31-29(34-27)32-24-4-2-20(3-5-24)28(38)36-8-6-35(7-9-36)10-11-37/h2-5,17-19,21-23,26,37H,6-16H2,1H3,(H2,31,32,33,34)/t18-,19?,21?,22?,23?,26?/m1/s1. The Hall–Kier alpha value is -2.23. The average Bonchev–Trinajstić information content (AvgIpc) is 3.08. The zero-order chi connectivity index (χ0) is 26.2. The lowest BCUT2D eigenvalue weighted by Crippen LogP contribution is -2.49. The summed E-state index contributed by atoms with van der Waals surface area (Å²) in [7, 11) is 0. The van der Waals surface area contributed by atoms with Crippen molar-refractivity contribution in [2.24, 2.45) is 29.6 Å². The number of rotatable bonds is 7. The Morgan fingerprint density at radius 2 is 1.74 bits per heavy atom. The Morgan fingerprint density at radius 1 is 1.03 bits per heavy atom. The highest BCUT2D eigenvalue weighted by Gasteiger charge is 2.47. The van der Waals surface area contributed by atoms with E-state index >= 15 is 0 Å². The third-order valence-electron chi connectivity index (χ3n) is 9.52. The Labute approximate surface area is 233 Å². The van der Waals surface area contributed by atoms with Crippen LogP contribution < -0.4 is 10.6 Å². The first-order valence-electron chi connectivity index (χ1n) is 14.3. The van der Waals surface area contributed by atoms with Crippen molar-refractivity contribution in [1.82, 2.24) is 19.8 Å². The number of amides is 1. The number of carbonyl (C=O) groups excluding carboxylic acids is 1. The van der Waals surface area contributed by atoms with Crippen molar-refractivity contribution >= 4 is 39.3 Å². The third-order valence-corrected chi connectivity index (χ3v) is 10.1. The maximum atomic E-state index is 13.0. The molecule has 2 aromatic rings. The van der Waals surface area contributed by atoms with Gasteiger partial charge in [0.15, 0.2) is 0 Å². The number of aliphatic hydroxyl groups is 1. The number of benzene rings is 1. The fraction of sp³-hybridized carbons (Fsp3) is 0.621. The molecular weight excluding hydrogens is 544 g/mol. The van der Waals surface area contributed by atoms with Gasteiger partial charge in [0.2, 0.25) is 5.95 Å². The number of hydrogen-bond acceptors (Lipinski definition) is 7. The number of halogens is 1. The number of nitrogens with one attached hydrogen (secondary N) is 2. The van der Waals surface area contributed by atoms with Gasteiger partial charge in [0.1, 0.15) is 5.82 Å². The monoisotopic (exact) mass is 582 g/mol. The quantitative estimate of drug-likeness (QED) is 0.439. The van der Waals surface area contributed by atoms with Crippen LogP contribution in [-0.4, -0.2) is 76.2 Å². The summed E-state index contributed by atoms with van der Waals surface area (Å²) in [6.07, 6.45) is 8.65. The first-order chi connectivity index (χ1) is 18.5. The van der Waals surface area contributed by atoms with Crippen LogP contribution in [0.1, 0.15) is 49.4 Å². The van der Waals surface area contributed by atoms with E-state index in [1.807, 2.05) is 35.4 Å². The van der Waals surface area contributed by atoms with E-state index in [1.165, 1.54) is 32.1 Å². The van der Waals surface area contributed by atoms with Crippen LogP contribution in [0.4, 0.5) is 17.5 Å². The molecule has 204 valence electrons. The van der Waals surface area contributed by atoms with Gasteiger partial charge in [-0.15, -0.1) is 0 Å². The van der Waals surface area contributed by atoms with E-state index in [0.717, 1.165) is 58.7 Å². The van der Waals surface area contributed by atoms with E-state index in [0.29, 0.717) is 37.2 Å². The number of aliphatic hydroxyl groups excluding tert-OH is 1. The van der Waals surface area contributed by atoms with Crippen molar-refractivity contribution in [3.8, 4) is 0 Å². The lowest BCUT2D eigenvalue weighted by Gasteiger charge is -2.45. The molecule has 2 heterocycles. The molecule has 7 rings (SSSR count). The molecule has 5 aliphatic rings. The first kappa shape index (κ1) is 26.0. The van der Waals surface area contributed by atoms with Crippen molar-refractivity contribution in [2.75, 3.05) is 50.0 Å². The molecular formula is C29H39BrN6O2. The summed E-state index contributed by atoms with van der Waals surface area (Å²) in [6.45, 7) is 6.25. The molecule has 1 aliphatic heterocycles. The first-order valence-corrected chi connectivity index (χ1v) is 15.0. The van der Waals surface area contributed by atoms with Crippen LogP contribution in [0, 0.1) is 29.6 Å². The van der Waals surface area contributed by atoms with Crippen molar-refractivity contribution in [2.45, 2.75) is 45.1 Å². The molecule has 8 nitrogen and oxygen atoms in total. The molecule has 4 aliphatic carbocycles. The van der Waals surface area contributed by atoms with Gasteiger partial charge in [0.05, 0.1) is 11.1 Å². The number of carbonyl (C=O) groups is 1. The summed E-state index contributed by atoms with van der Waals surface area (Å²) >= 11 is 3.68. The molecule has 1 saturated heterocycles. The van der Waals surface area contributed by atoms with Crippen LogP contribution in [0.15, 0.2) is 34.9 Å². The topological polar surface area (TPSA) is 93.6 Å². The molecule has 1 amide bonds. The second-order valence-electron chi connectivity index (χ2n) is 11.9. The fourth-order valence-corrected chi connectivity index (χ4v) is 7.91. The minimum absolute atomic E-state index is 0.0486. The van der Waals surface area contributed by atoms with Gasteiger partial charge in [-0.1, -0.05) is 6.92 Å². The van der Waals surface area contributed by atoms with Gasteiger partial charge in [-0.05, 0) is 102 Å². The molecule has 5 fully saturated rings. The number of fused-ring (bicyclic) bond motifs is 1. The van der Waals surface area contributed by atoms with E-state index in [1.54, 1.807) is 0 Å². The summed E-state index contributed by atoms with van der Waals surface area (Å²) in [5, 5.41) is 16.3. The van der Waals surface area contributed by atoms with Gasteiger partial charge in [0.25, 0.3) is 5.91 Å². The van der Waals surface area contributed by atoms with Gasteiger partial charge in [-0.2, -0.15) is 4.98 Å². The van der Waals surface area contributed by atoms with Gasteiger partial charge >= 0.3 is 0 Å². The molecule has 0 spiro atoms. The van der Waals surface area contributed by atoms with Crippen molar-refractivity contribution in [3.63, 3.8) is 0 Å². The van der Waals surface area contributed by atoms with Crippen LogP contribution >= 0.6 is 15.9 Å². The molecule has 3 N–H and O–H groups in total. The van der Waals surface area contributed by atoms with E-state index < -0.39 is 0 Å². The maximum absolute atomic E-state index is 13.0. The average molecular weight is 584 g/mol.